The van der Waals surface area contributed by atoms with Crippen LogP contribution < -0.4 is 0 Å². The van der Waals surface area contributed by atoms with Gasteiger partial charge in [0.25, 0.3) is 0 Å². The summed E-state index contributed by atoms with van der Waals surface area (Å²) in [5.41, 5.74) is 0. The summed E-state index contributed by atoms with van der Waals surface area (Å²) in [7, 11) is 0. The van der Waals surface area contributed by atoms with Crippen molar-refractivity contribution in [3.05, 3.63) is 0 Å². The van der Waals surface area contributed by atoms with Crippen molar-refractivity contribution in [3.63, 3.8) is 0 Å². The van der Waals surface area contributed by atoms with Gasteiger partial charge in [0, 0.05) is 0 Å². The van der Waals surface area contributed by atoms with Crippen LogP contribution in [0.1, 0.15) is 40.0 Å². The van der Waals surface area contributed by atoms with Crippen LogP contribution in [0.2, 0.25) is 0 Å². The molecule has 4 nitrogen and oxygen atoms in total. The van der Waals surface area contributed by atoms with Crippen molar-refractivity contribution in [1.29, 1.82) is 0 Å². The Kier molecular flexibility index (Phi) is 8.78. The molecule has 17 heavy (non-hydrogen) atoms. The first-order valence-electron chi connectivity index (χ1n) is 6.50. The maximum atomic E-state index is 9.71. The second-order valence-electron chi connectivity index (χ2n) is 5.41. The summed E-state index contributed by atoms with van der Waals surface area (Å²) in [5, 5.41) is 33.7. The van der Waals surface area contributed by atoms with Crippen molar-refractivity contribution in [3.8, 4) is 0 Å². The number of hydrogen-bond donors (Lipinski definition) is 4. The Morgan fingerprint density at radius 2 is 1.65 bits per heavy atom. The normalized spacial score (nSPS) is 29.1. The van der Waals surface area contributed by atoms with Crippen LogP contribution in [0.25, 0.3) is 0 Å². The third-order valence-corrected chi connectivity index (χ3v) is 3.41. The van der Waals surface area contributed by atoms with Gasteiger partial charge in [-0.1, -0.05) is 27.2 Å². The summed E-state index contributed by atoms with van der Waals surface area (Å²) in [6, 6.07) is 0. The minimum atomic E-state index is -0.954. The average Bonchev–Trinajstić information content (AvgIpc) is 2.28. The molecule has 0 aliphatic heterocycles. The molecule has 0 bridgehead atoms. The van der Waals surface area contributed by atoms with Crippen LogP contribution in [0.4, 0.5) is 0 Å². The second kappa shape index (κ2) is 8.86. The van der Waals surface area contributed by atoms with Crippen LogP contribution in [0, 0.1) is 17.8 Å². The molecule has 1 aliphatic rings. The van der Waals surface area contributed by atoms with Gasteiger partial charge in [-0.3, -0.25) is 0 Å². The fourth-order valence-corrected chi connectivity index (χ4v) is 2.21. The first-order chi connectivity index (χ1) is 7.92. The van der Waals surface area contributed by atoms with Crippen LogP contribution in [-0.2, 0) is 0 Å². The van der Waals surface area contributed by atoms with E-state index in [0.717, 1.165) is 12.3 Å². The van der Waals surface area contributed by atoms with Gasteiger partial charge in [0.1, 0.15) is 6.10 Å². The van der Waals surface area contributed by atoms with Crippen molar-refractivity contribution >= 4 is 0 Å². The second-order valence-corrected chi connectivity index (χ2v) is 5.41. The zero-order valence-electron chi connectivity index (χ0n) is 11.2. The molecular weight excluding hydrogens is 220 g/mol. The van der Waals surface area contributed by atoms with Crippen molar-refractivity contribution in [2.24, 2.45) is 17.8 Å². The highest BCUT2D eigenvalue weighted by molar-refractivity contribution is 4.79. The third kappa shape index (κ3) is 6.99. The summed E-state index contributed by atoms with van der Waals surface area (Å²) in [4.78, 5) is 0. The zero-order valence-corrected chi connectivity index (χ0v) is 11.2. The monoisotopic (exact) mass is 248 g/mol. The molecular formula is C13H28O4. The molecule has 3 unspecified atom stereocenters. The van der Waals surface area contributed by atoms with Gasteiger partial charge in [0.05, 0.1) is 19.3 Å². The van der Waals surface area contributed by atoms with E-state index in [1.165, 1.54) is 12.8 Å². The molecule has 0 heterocycles. The number of hydrogen-bond acceptors (Lipinski definition) is 4. The van der Waals surface area contributed by atoms with E-state index in [2.05, 4.69) is 20.8 Å². The lowest BCUT2D eigenvalue weighted by atomic mass is 9.75. The van der Waals surface area contributed by atoms with Crippen molar-refractivity contribution in [1.82, 2.24) is 0 Å². The summed E-state index contributed by atoms with van der Waals surface area (Å²) in [6.45, 7) is 5.93. The standard InChI is InChI=1S/C10H20O.C3H8O3/c1-7(2)9-5-4-8(3)6-10(9)11;4-1-3(6)2-5/h7-11H,4-6H2,1-3H3;3-6H,1-2H2. The lowest BCUT2D eigenvalue weighted by Gasteiger charge is -2.33. The minimum Gasteiger partial charge on any atom is -0.394 e. The molecule has 1 fully saturated rings. The van der Waals surface area contributed by atoms with Crippen LogP contribution in [0.5, 0.6) is 0 Å². The first-order valence-corrected chi connectivity index (χ1v) is 6.50. The molecule has 0 aromatic heterocycles. The number of aliphatic hydroxyl groups excluding tert-OH is 4. The SMILES string of the molecule is CC1CCC(C(C)C)C(O)C1.OCC(O)CO. The molecule has 0 saturated heterocycles. The highest BCUT2D eigenvalue weighted by atomic mass is 16.3. The van der Waals surface area contributed by atoms with Gasteiger partial charge in [-0.2, -0.15) is 0 Å². The fraction of sp³-hybridized carbons (Fsp3) is 1.00. The van der Waals surface area contributed by atoms with E-state index in [1.807, 2.05) is 0 Å². The van der Waals surface area contributed by atoms with Crippen LogP contribution in [0.3, 0.4) is 0 Å². The smallest absolute Gasteiger partial charge is 0.100 e. The molecule has 1 saturated carbocycles. The van der Waals surface area contributed by atoms with Gasteiger partial charge < -0.3 is 20.4 Å². The molecule has 4 heteroatoms. The number of rotatable bonds is 3. The fourth-order valence-electron chi connectivity index (χ4n) is 2.21. The molecule has 3 atom stereocenters. The maximum absolute atomic E-state index is 9.71. The van der Waals surface area contributed by atoms with Crippen molar-refractivity contribution in [2.75, 3.05) is 13.2 Å². The van der Waals surface area contributed by atoms with E-state index in [0.29, 0.717) is 11.8 Å². The average molecular weight is 248 g/mol. The summed E-state index contributed by atoms with van der Waals surface area (Å²) < 4.78 is 0. The summed E-state index contributed by atoms with van der Waals surface area (Å²) in [6.07, 6.45) is 2.56. The Morgan fingerprint density at radius 3 is 1.94 bits per heavy atom. The lowest BCUT2D eigenvalue weighted by Crippen LogP contribution is -2.31. The number of aliphatic hydroxyl groups is 4. The maximum Gasteiger partial charge on any atom is 0.100 e. The molecule has 0 aromatic rings. The van der Waals surface area contributed by atoms with Crippen LogP contribution in [0.15, 0.2) is 0 Å². The third-order valence-electron chi connectivity index (χ3n) is 3.41. The zero-order chi connectivity index (χ0) is 13.4. The van der Waals surface area contributed by atoms with Crippen molar-refractivity contribution in [2.45, 2.75) is 52.2 Å². The van der Waals surface area contributed by atoms with E-state index in [9.17, 15) is 5.11 Å². The summed E-state index contributed by atoms with van der Waals surface area (Å²) >= 11 is 0. The summed E-state index contributed by atoms with van der Waals surface area (Å²) in [5.74, 6) is 1.95. The topological polar surface area (TPSA) is 80.9 Å². The lowest BCUT2D eigenvalue weighted by molar-refractivity contribution is 0.0266. The molecule has 0 radical (unpaired) electrons. The quantitative estimate of drug-likeness (QED) is 0.595. The van der Waals surface area contributed by atoms with E-state index in [1.54, 1.807) is 0 Å². The van der Waals surface area contributed by atoms with E-state index < -0.39 is 6.10 Å². The molecule has 0 spiro atoms. The van der Waals surface area contributed by atoms with Gasteiger partial charge in [-0.15, -0.1) is 0 Å². The predicted molar refractivity (Wildman–Crippen MR) is 67.5 cm³/mol. The highest BCUT2D eigenvalue weighted by Gasteiger charge is 2.28. The van der Waals surface area contributed by atoms with Gasteiger partial charge in [0.15, 0.2) is 0 Å². The van der Waals surface area contributed by atoms with Gasteiger partial charge in [0.2, 0.25) is 0 Å². The largest absolute Gasteiger partial charge is 0.394 e. The van der Waals surface area contributed by atoms with Gasteiger partial charge >= 0.3 is 0 Å². The highest BCUT2D eigenvalue weighted by Crippen LogP contribution is 2.33. The van der Waals surface area contributed by atoms with Crippen LogP contribution >= 0.6 is 0 Å². The Bertz CT molecular complexity index is 180. The van der Waals surface area contributed by atoms with Gasteiger partial charge in [-0.25, -0.2) is 0 Å². The van der Waals surface area contributed by atoms with Gasteiger partial charge in [-0.05, 0) is 30.6 Å². The molecule has 1 rings (SSSR count). The molecule has 4 N–H and O–H groups in total. The van der Waals surface area contributed by atoms with Crippen molar-refractivity contribution < 1.29 is 20.4 Å². The van der Waals surface area contributed by atoms with E-state index >= 15 is 0 Å². The predicted octanol–water partition coefficient (Wildman–Crippen LogP) is 0.771. The minimum absolute atomic E-state index is 0.0289. The first kappa shape index (κ1) is 16.8. The Morgan fingerprint density at radius 1 is 1.12 bits per heavy atom. The van der Waals surface area contributed by atoms with E-state index in [-0.39, 0.29) is 19.3 Å². The Labute approximate surface area is 104 Å². The Balaban J connectivity index is 0.000000366. The molecule has 0 aromatic carbocycles. The molecule has 104 valence electrons. The molecule has 1 aliphatic carbocycles. The van der Waals surface area contributed by atoms with E-state index in [4.69, 9.17) is 15.3 Å². The van der Waals surface area contributed by atoms with Crippen LogP contribution in [-0.4, -0.2) is 45.8 Å². The Hall–Kier alpha value is -0.160. The molecule has 0 amide bonds.